The summed E-state index contributed by atoms with van der Waals surface area (Å²) in [5.41, 5.74) is 0. The molecular formula is C6H10CaClNO. The molecule has 1 aliphatic rings. The van der Waals surface area contributed by atoms with Crippen molar-refractivity contribution in [1.82, 2.24) is 5.32 Å². The Hall–Kier alpha value is 1.02. The first-order chi connectivity index (χ1) is 4.83. The summed E-state index contributed by atoms with van der Waals surface area (Å²) >= 11 is -0.928. The molecule has 0 bridgehead atoms. The van der Waals surface area contributed by atoms with Gasteiger partial charge in [0.05, 0.1) is 0 Å². The number of carbonyl (C=O) groups is 1. The van der Waals surface area contributed by atoms with Gasteiger partial charge in [-0.2, -0.15) is 0 Å². The van der Waals surface area contributed by atoms with Crippen molar-refractivity contribution in [2.45, 2.75) is 27.8 Å². The van der Waals surface area contributed by atoms with E-state index in [1.165, 1.54) is 6.42 Å². The quantitative estimate of drug-likeness (QED) is 0.607. The Morgan fingerprint density at radius 3 is 3.10 bits per heavy atom. The molecule has 4 heteroatoms. The Morgan fingerprint density at radius 1 is 1.60 bits per heavy atom. The van der Waals surface area contributed by atoms with E-state index in [1.807, 2.05) is 0 Å². The van der Waals surface area contributed by atoms with Crippen molar-refractivity contribution in [3.63, 3.8) is 0 Å². The Bertz CT molecular complexity index is 131. The van der Waals surface area contributed by atoms with Gasteiger partial charge in [-0.3, -0.25) is 0 Å². The summed E-state index contributed by atoms with van der Waals surface area (Å²) in [5.74, 6) is 0.203. The number of hydrogen-bond acceptors (Lipinski definition) is 1. The molecule has 0 aromatic carbocycles. The normalized spacial score (nSPS) is 26.5. The van der Waals surface area contributed by atoms with Crippen LogP contribution in [0.2, 0.25) is 0 Å². The molecule has 1 saturated heterocycles. The van der Waals surface area contributed by atoms with Gasteiger partial charge >= 0.3 is 82.6 Å². The van der Waals surface area contributed by atoms with Crippen LogP contribution < -0.4 is 5.32 Å². The van der Waals surface area contributed by atoms with Crippen LogP contribution in [0.5, 0.6) is 0 Å². The van der Waals surface area contributed by atoms with Crippen molar-refractivity contribution >= 4 is 44.6 Å². The van der Waals surface area contributed by atoms with E-state index in [0.29, 0.717) is 8.56 Å². The Kier molecular flexibility index (Phi) is 4.38. The van der Waals surface area contributed by atoms with Gasteiger partial charge in [0.25, 0.3) is 0 Å². The Morgan fingerprint density at radius 2 is 2.40 bits per heavy atom. The molecule has 1 heterocycles. The van der Waals surface area contributed by atoms with Crippen LogP contribution in [0.25, 0.3) is 0 Å². The van der Waals surface area contributed by atoms with E-state index < -0.39 is 32.3 Å². The van der Waals surface area contributed by atoms with Crippen molar-refractivity contribution in [2.24, 2.45) is 0 Å². The molecule has 0 radical (unpaired) electrons. The maximum absolute atomic E-state index is 10.9. The first-order valence-electron chi connectivity index (χ1n) is 3.68. The number of carbonyl (C=O) groups excluding carboxylic acids is 1. The predicted octanol–water partition coefficient (Wildman–Crippen LogP) is 0.861. The summed E-state index contributed by atoms with van der Waals surface area (Å²) in [5, 5.41) is 2.94. The second kappa shape index (κ2) is 4.81. The van der Waals surface area contributed by atoms with Crippen LogP contribution in [0, 0.1) is 0 Å². The van der Waals surface area contributed by atoms with Crippen molar-refractivity contribution in [1.29, 1.82) is 0 Å². The van der Waals surface area contributed by atoms with E-state index in [2.05, 4.69) is 5.32 Å². The summed E-state index contributed by atoms with van der Waals surface area (Å²) in [7, 11) is 0. The van der Waals surface area contributed by atoms with E-state index in [0.717, 1.165) is 12.8 Å². The van der Waals surface area contributed by atoms with Crippen molar-refractivity contribution < 1.29 is 4.79 Å². The predicted molar refractivity (Wildman–Crippen MR) is 42.0 cm³/mol. The zero-order valence-corrected chi connectivity index (χ0v) is 8.86. The molecule has 10 heavy (non-hydrogen) atoms. The zero-order valence-electron chi connectivity index (χ0n) is 5.90. The molecule has 0 aromatic rings. The van der Waals surface area contributed by atoms with Crippen LogP contribution in [-0.2, 0) is 4.79 Å². The Balaban J connectivity index is 2.38. The monoisotopic (exact) mass is 187 g/mol. The molecular weight excluding hydrogens is 178 g/mol. The van der Waals surface area contributed by atoms with Gasteiger partial charge in [0.15, 0.2) is 0 Å². The van der Waals surface area contributed by atoms with Gasteiger partial charge in [0.1, 0.15) is 0 Å². The minimum absolute atomic E-state index is 0.203. The van der Waals surface area contributed by atoms with E-state index in [-0.39, 0.29) is 5.91 Å². The molecule has 2 nitrogen and oxygen atoms in total. The molecule has 0 saturated carbocycles. The molecule has 1 aliphatic heterocycles. The fourth-order valence-corrected chi connectivity index (χ4v) is 3.29. The van der Waals surface area contributed by atoms with E-state index in [4.69, 9.17) is 6.39 Å². The van der Waals surface area contributed by atoms with E-state index >= 15 is 0 Å². The van der Waals surface area contributed by atoms with Gasteiger partial charge in [0, 0.05) is 0 Å². The summed E-state index contributed by atoms with van der Waals surface area (Å²) < 4.78 is 0.407. The SMILES string of the molecule is O=C1CCCC[CH]([Ca][Cl])N1. The third-order valence-electron chi connectivity index (χ3n) is 1.76. The molecule has 1 atom stereocenters. The summed E-state index contributed by atoms with van der Waals surface area (Å²) in [4.78, 5) is 10.9. The van der Waals surface area contributed by atoms with Crippen LogP contribution in [0.3, 0.4) is 0 Å². The summed E-state index contributed by atoms with van der Waals surface area (Å²) in [6, 6.07) is 0. The number of halogens is 1. The third-order valence-corrected chi connectivity index (χ3v) is 4.83. The van der Waals surface area contributed by atoms with Gasteiger partial charge in [-0.15, -0.1) is 0 Å². The molecule has 1 unspecified atom stereocenters. The molecule has 1 rings (SSSR count). The second-order valence-electron chi connectivity index (χ2n) is 2.66. The van der Waals surface area contributed by atoms with Crippen molar-refractivity contribution in [3.8, 4) is 0 Å². The fraction of sp³-hybridized carbons (Fsp3) is 0.833. The molecule has 1 N–H and O–H groups in total. The molecule has 54 valence electrons. The average molecular weight is 188 g/mol. The number of rotatable bonds is 1. The molecule has 0 aliphatic carbocycles. The van der Waals surface area contributed by atoms with Crippen LogP contribution in [0.4, 0.5) is 0 Å². The van der Waals surface area contributed by atoms with Crippen LogP contribution in [-0.4, -0.2) is 40.4 Å². The Labute approximate surface area is 81.7 Å². The first kappa shape index (κ1) is 9.11. The van der Waals surface area contributed by atoms with Crippen molar-refractivity contribution in [2.75, 3.05) is 0 Å². The summed E-state index contributed by atoms with van der Waals surface area (Å²) in [6.07, 6.45) is 9.83. The maximum atomic E-state index is 10.9. The first-order valence-corrected chi connectivity index (χ1v) is 7.99. The zero-order chi connectivity index (χ0) is 7.40. The van der Waals surface area contributed by atoms with Gasteiger partial charge in [0.2, 0.25) is 0 Å². The van der Waals surface area contributed by atoms with Gasteiger partial charge in [-0.05, 0) is 0 Å². The molecule has 1 fully saturated rings. The third kappa shape index (κ3) is 2.95. The number of nitrogens with one attached hydrogen (secondary N) is 1. The van der Waals surface area contributed by atoms with Crippen molar-refractivity contribution in [3.05, 3.63) is 0 Å². The fourth-order valence-electron chi connectivity index (χ4n) is 1.16. The van der Waals surface area contributed by atoms with Gasteiger partial charge in [-0.1, -0.05) is 0 Å². The molecule has 0 aromatic heterocycles. The summed E-state index contributed by atoms with van der Waals surface area (Å²) in [6.45, 7) is 0. The number of hydrogen-bond donors (Lipinski definition) is 1. The topological polar surface area (TPSA) is 29.1 Å². The van der Waals surface area contributed by atoms with Gasteiger partial charge < -0.3 is 0 Å². The van der Waals surface area contributed by atoms with Crippen LogP contribution in [0.15, 0.2) is 0 Å². The number of amides is 1. The van der Waals surface area contributed by atoms with E-state index in [9.17, 15) is 4.79 Å². The van der Waals surface area contributed by atoms with Crippen LogP contribution in [0.1, 0.15) is 25.7 Å². The molecule has 0 spiro atoms. The molecule has 1 amide bonds. The average Bonchev–Trinajstić information content (AvgIpc) is 2.13. The van der Waals surface area contributed by atoms with Crippen LogP contribution >= 0.6 is 6.39 Å². The van der Waals surface area contributed by atoms with Gasteiger partial charge in [-0.25, -0.2) is 0 Å². The minimum atomic E-state index is -0.928. The van der Waals surface area contributed by atoms with E-state index in [1.54, 1.807) is 0 Å². The second-order valence-corrected chi connectivity index (χ2v) is 5.96. The standard InChI is InChI=1S/C6H10NO.Ca.ClH/c8-6-4-2-1-3-5-7-6;;/h5H,1-4H2,(H,7,8);;1H/q;+1;/p-1.